The summed E-state index contributed by atoms with van der Waals surface area (Å²) in [7, 11) is 0. The molecule has 0 heterocycles. The number of nitro groups is 2. The summed E-state index contributed by atoms with van der Waals surface area (Å²) in [6.45, 7) is 0. The minimum absolute atomic E-state index is 0.0945. The zero-order valence-electron chi connectivity index (χ0n) is 17.6. The van der Waals surface area contributed by atoms with E-state index in [1.54, 1.807) is 0 Å². The Hall–Kier alpha value is -5.24. The predicted octanol–water partition coefficient (Wildman–Crippen LogP) is 0.914. The minimum Gasteiger partial charge on any atom is -0.300 e. The van der Waals surface area contributed by atoms with Crippen LogP contribution in [-0.4, -0.2) is 37.6 Å². The Morgan fingerprint density at radius 3 is 1.11 bits per heavy atom. The van der Waals surface area contributed by atoms with Gasteiger partial charge in [0.2, 0.25) is 0 Å². The van der Waals surface area contributed by atoms with Gasteiger partial charge in [0.15, 0.2) is 12.2 Å². The second kappa shape index (κ2) is 11.8. The molecule has 0 saturated carbocycles. The first kappa shape index (κ1) is 27.0. The van der Waals surface area contributed by atoms with Crippen LogP contribution in [0.5, 0.6) is 0 Å². The number of nitro benzene ring substituents is 2. The van der Waals surface area contributed by atoms with Crippen molar-refractivity contribution in [2.45, 2.75) is 24.7 Å². The minimum atomic E-state index is -1.95. The van der Waals surface area contributed by atoms with Gasteiger partial charge in [-0.25, -0.2) is 0 Å². The van der Waals surface area contributed by atoms with Crippen molar-refractivity contribution in [3.8, 4) is 0 Å². The highest BCUT2D eigenvalue weighted by atomic mass is 17.0. The van der Waals surface area contributed by atoms with Crippen LogP contribution in [0.4, 0.5) is 11.4 Å². The number of rotatable bonds is 14. The maximum Gasteiger partial charge on any atom is 0.480 e. The Labute approximate surface area is 197 Å². The van der Waals surface area contributed by atoms with E-state index in [4.69, 9.17) is 11.5 Å². The molecule has 0 spiro atoms. The fourth-order valence-electron chi connectivity index (χ4n) is 2.71. The van der Waals surface area contributed by atoms with Crippen LogP contribution in [0, 0.1) is 45.4 Å². The van der Waals surface area contributed by atoms with Crippen molar-refractivity contribution in [1.82, 2.24) is 0 Å². The largest absolute Gasteiger partial charge is 0.480 e. The molecule has 2 aromatic carbocycles. The Kier molecular flexibility index (Phi) is 8.82. The van der Waals surface area contributed by atoms with Crippen LogP contribution in [-0.2, 0) is 19.4 Å². The van der Waals surface area contributed by atoms with Gasteiger partial charge >= 0.3 is 5.09 Å². The molecule has 0 bridgehead atoms. The van der Waals surface area contributed by atoms with E-state index in [-0.39, 0.29) is 22.5 Å². The highest BCUT2D eigenvalue weighted by Gasteiger charge is 2.37. The smallest absolute Gasteiger partial charge is 0.300 e. The van der Waals surface area contributed by atoms with Crippen molar-refractivity contribution < 1.29 is 44.5 Å². The Balaban J connectivity index is 2.15. The molecule has 36 heavy (non-hydrogen) atoms. The number of nitrogens with zero attached hydrogens (tertiary/aromatic N) is 5. The zero-order chi connectivity index (χ0) is 27.0. The fourth-order valence-corrected chi connectivity index (χ4v) is 2.71. The highest BCUT2D eigenvalue weighted by molar-refractivity contribution is 5.34. The summed E-state index contributed by atoms with van der Waals surface area (Å²) < 4.78 is 0. The molecule has 4 unspecified atom stereocenters. The molecule has 4 atom stereocenters. The molecule has 4 N–H and O–H groups in total. The molecule has 0 aromatic heterocycles. The standard InChI is InChI=1S/C16H16N7O13/c17-15(13(33-21(28)29)9-1-5-11(6-2-9)19(24)25)35-23(32)36-16(18)14(34-22(30)31)10-3-7-12(8-4-10)20(26)27/h1-8,13-16H,17-18H2/q+1. The highest BCUT2D eigenvalue weighted by Crippen LogP contribution is 2.26. The summed E-state index contributed by atoms with van der Waals surface area (Å²) in [5.41, 5.74) is 10.4. The van der Waals surface area contributed by atoms with Crippen molar-refractivity contribution in [2.24, 2.45) is 11.5 Å². The van der Waals surface area contributed by atoms with E-state index in [1.165, 1.54) is 0 Å². The summed E-state index contributed by atoms with van der Waals surface area (Å²) in [6.07, 6.45) is -7.46. The summed E-state index contributed by atoms with van der Waals surface area (Å²) >= 11 is 0. The molecule has 20 nitrogen and oxygen atoms in total. The quantitative estimate of drug-likeness (QED) is 0.201. The lowest BCUT2D eigenvalue weighted by molar-refractivity contribution is -0.997. The van der Waals surface area contributed by atoms with Gasteiger partial charge in [-0.05, 0) is 35.4 Å². The number of hydrogen-bond acceptors (Lipinski definition) is 15. The monoisotopic (exact) mass is 514 g/mol. The van der Waals surface area contributed by atoms with Gasteiger partial charge in [-0.1, -0.05) is 0 Å². The van der Waals surface area contributed by atoms with Crippen molar-refractivity contribution in [3.05, 3.63) is 105 Å². The second-order valence-corrected chi connectivity index (χ2v) is 6.56. The van der Waals surface area contributed by atoms with Crippen LogP contribution >= 0.6 is 0 Å². The van der Waals surface area contributed by atoms with Crippen molar-refractivity contribution in [2.75, 3.05) is 0 Å². The Morgan fingerprint density at radius 2 is 0.861 bits per heavy atom. The van der Waals surface area contributed by atoms with Gasteiger partial charge in [0.1, 0.15) is 4.91 Å². The summed E-state index contributed by atoms with van der Waals surface area (Å²) in [5, 5.41) is 40.0. The van der Waals surface area contributed by atoms with E-state index in [0.29, 0.717) is 0 Å². The van der Waals surface area contributed by atoms with Gasteiger partial charge in [-0.2, -0.15) is 9.68 Å². The lowest BCUT2D eigenvalue weighted by atomic mass is 10.1. The van der Waals surface area contributed by atoms with Crippen LogP contribution in [0.1, 0.15) is 23.3 Å². The molecule has 0 aliphatic rings. The first-order chi connectivity index (χ1) is 16.9. The maximum atomic E-state index is 12.1. The van der Waals surface area contributed by atoms with Crippen LogP contribution in [0.25, 0.3) is 0 Å². The van der Waals surface area contributed by atoms with E-state index in [1.807, 2.05) is 0 Å². The third-order valence-corrected chi connectivity index (χ3v) is 4.28. The molecular weight excluding hydrogens is 498 g/mol. The third-order valence-electron chi connectivity index (χ3n) is 4.28. The van der Waals surface area contributed by atoms with E-state index in [0.717, 1.165) is 48.5 Å². The van der Waals surface area contributed by atoms with Crippen LogP contribution in [0.15, 0.2) is 48.5 Å². The normalized spacial score (nSPS) is 13.8. The first-order valence-corrected chi connectivity index (χ1v) is 9.32. The van der Waals surface area contributed by atoms with Gasteiger partial charge in [0.05, 0.1) is 9.85 Å². The molecule has 0 saturated heterocycles. The van der Waals surface area contributed by atoms with Gasteiger partial charge in [-0.3, -0.25) is 31.7 Å². The molecule has 0 aliphatic carbocycles. The molecule has 0 fully saturated rings. The second-order valence-electron chi connectivity index (χ2n) is 6.56. The van der Waals surface area contributed by atoms with Crippen molar-refractivity contribution >= 4 is 11.4 Å². The van der Waals surface area contributed by atoms with E-state index in [9.17, 15) is 45.4 Å². The number of non-ortho nitro benzene ring substituents is 2. The summed E-state index contributed by atoms with van der Waals surface area (Å²) in [6, 6.07) is 8.21. The zero-order valence-corrected chi connectivity index (χ0v) is 17.6. The predicted molar refractivity (Wildman–Crippen MR) is 110 cm³/mol. The molecular formula is C16H16N7O13+. The molecule has 20 heteroatoms. The average Bonchev–Trinajstić information content (AvgIpc) is 2.80. The van der Waals surface area contributed by atoms with Crippen molar-refractivity contribution in [3.63, 3.8) is 0 Å². The van der Waals surface area contributed by atoms with Gasteiger partial charge in [0.25, 0.3) is 34.0 Å². The lowest BCUT2D eigenvalue weighted by Crippen LogP contribution is -2.41. The van der Waals surface area contributed by atoms with Crippen LogP contribution in [0.2, 0.25) is 0 Å². The van der Waals surface area contributed by atoms with Gasteiger partial charge in [-0.15, -0.1) is 20.2 Å². The maximum absolute atomic E-state index is 12.1. The number of benzene rings is 2. The van der Waals surface area contributed by atoms with Crippen LogP contribution in [0.3, 0.4) is 0 Å². The van der Waals surface area contributed by atoms with Gasteiger partial charge in [0, 0.05) is 24.3 Å². The van der Waals surface area contributed by atoms with E-state index >= 15 is 0 Å². The number of nitrogens with two attached hydrogens (primary N) is 2. The lowest BCUT2D eigenvalue weighted by Gasteiger charge is -2.19. The van der Waals surface area contributed by atoms with Crippen molar-refractivity contribution in [1.29, 1.82) is 0 Å². The van der Waals surface area contributed by atoms with Gasteiger partial charge < -0.3 is 9.68 Å². The summed E-state index contributed by atoms with van der Waals surface area (Å²) in [5.74, 6) is 0. The third kappa shape index (κ3) is 7.39. The Bertz CT molecular complexity index is 1040. The summed E-state index contributed by atoms with van der Waals surface area (Å²) in [4.78, 5) is 71.9. The number of hydrogen-bond donors (Lipinski definition) is 2. The first-order valence-electron chi connectivity index (χ1n) is 9.32. The van der Waals surface area contributed by atoms with Crippen LogP contribution < -0.4 is 11.5 Å². The topological polar surface area (TPSA) is 282 Å². The molecule has 2 aromatic rings. The average molecular weight is 514 g/mol. The fraction of sp³-hybridized carbons (Fsp3) is 0.250. The SMILES string of the molecule is NC(O[N+](=O)OC(N)C(O[N+](=O)[O-])c1ccc([N+](=O)[O-])cc1)C(O[N+](=O)[O-])c1ccc([N+](=O)[O-])cc1. The Morgan fingerprint density at radius 1 is 0.556 bits per heavy atom. The molecule has 0 radical (unpaired) electrons. The van der Waals surface area contributed by atoms with E-state index in [2.05, 4.69) is 19.4 Å². The molecule has 0 aliphatic heterocycles. The molecule has 0 amide bonds. The molecule has 2 rings (SSSR count). The van der Waals surface area contributed by atoms with E-state index < -0.39 is 49.8 Å². The molecule has 192 valence electrons.